The van der Waals surface area contributed by atoms with E-state index in [-0.39, 0.29) is 17.3 Å². The number of furan rings is 1. The van der Waals surface area contributed by atoms with Crippen molar-refractivity contribution >= 4 is 17.3 Å². The molecule has 0 aliphatic rings. The lowest BCUT2D eigenvalue weighted by atomic mass is 9.96. The number of halogens is 3. The van der Waals surface area contributed by atoms with E-state index in [9.17, 15) is 27.6 Å². The third-order valence-corrected chi connectivity index (χ3v) is 2.19. The summed E-state index contributed by atoms with van der Waals surface area (Å²) in [6.45, 7) is 3.76. The van der Waals surface area contributed by atoms with Crippen molar-refractivity contribution in [1.82, 2.24) is 0 Å². The molecule has 1 rings (SSSR count). The molecule has 1 heterocycles. The zero-order chi connectivity index (χ0) is 17.5. The van der Waals surface area contributed by atoms with Gasteiger partial charge in [0, 0.05) is 6.08 Å². The van der Waals surface area contributed by atoms with Crippen molar-refractivity contribution in [2.75, 3.05) is 0 Å². The highest BCUT2D eigenvalue weighted by Gasteiger charge is 2.46. The summed E-state index contributed by atoms with van der Waals surface area (Å²) in [6.07, 6.45) is -2.77. The topological polar surface area (TPSA) is 84.6 Å². The van der Waals surface area contributed by atoms with Crippen molar-refractivity contribution in [2.45, 2.75) is 32.9 Å². The molecule has 1 aromatic heterocycles. The van der Waals surface area contributed by atoms with Crippen LogP contribution in [0.4, 0.5) is 13.2 Å². The predicted octanol–water partition coefficient (Wildman–Crippen LogP) is 3.12. The summed E-state index contributed by atoms with van der Waals surface area (Å²) in [5.41, 5.74) is 0. The third kappa shape index (κ3) is 6.87. The molecular weight excluding hydrogens is 305 g/mol. The second-order valence-corrected chi connectivity index (χ2v) is 4.32. The third-order valence-electron chi connectivity index (χ3n) is 2.19. The minimum Gasteiger partial charge on any atom is -0.512 e. The van der Waals surface area contributed by atoms with Crippen LogP contribution in [0.5, 0.6) is 0 Å². The van der Waals surface area contributed by atoms with Crippen molar-refractivity contribution in [1.29, 1.82) is 0 Å². The Hall–Kier alpha value is -2.38. The van der Waals surface area contributed by atoms with Crippen LogP contribution in [0.3, 0.4) is 0 Å². The van der Waals surface area contributed by atoms with Gasteiger partial charge in [-0.3, -0.25) is 14.4 Å². The summed E-state index contributed by atoms with van der Waals surface area (Å²) in [5.74, 6) is -5.24. The molecule has 0 saturated carbocycles. The van der Waals surface area contributed by atoms with Gasteiger partial charge in [-0.1, -0.05) is 0 Å². The first kappa shape index (κ1) is 19.6. The molecule has 0 bridgehead atoms. The van der Waals surface area contributed by atoms with E-state index in [1.54, 1.807) is 0 Å². The number of hydrogen-bond acceptors (Lipinski definition) is 5. The van der Waals surface area contributed by atoms with Crippen LogP contribution in [0, 0.1) is 0 Å². The molecule has 0 aliphatic heterocycles. The van der Waals surface area contributed by atoms with Gasteiger partial charge in [-0.05, 0) is 32.9 Å². The Bertz CT molecular complexity index is 552. The van der Waals surface area contributed by atoms with E-state index in [4.69, 9.17) is 5.11 Å². The first-order valence-electron chi connectivity index (χ1n) is 5.99. The van der Waals surface area contributed by atoms with Gasteiger partial charge in [0.15, 0.2) is 5.78 Å². The Morgan fingerprint density at radius 3 is 2.00 bits per heavy atom. The van der Waals surface area contributed by atoms with E-state index < -0.39 is 23.7 Å². The number of aliphatic hydroxyl groups excluding tert-OH is 1. The minimum atomic E-state index is -5.04. The van der Waals surface area contributed by atoms with Gasteiger partial charge in [0.1, 0.15) is 17.5 Å². The summed E-state index contributed by atoms with van der Waals surface area (Å²) in [6, 6.07) is 2.48. The average molecular weight is 320 g/mol. The largest absolute Gasteiger partial charge is 0.512 e. The van der Waals surface area contributed by atoms with Crippen LogP contribution in [0.25, 0.3) is 0 Å². The van der Waals surface area contributed by atoms with Crippen LogP contribution >= 0.6 is 0 Å². The zero-order valence-corrected chi connectivity index (χ0v) is 12.1. The van der Waals surface area contributed by atoms with Gasteiger partial charge < -0.3 is 9.52 Å². The summed E-state index contributed by atoms with van der Waals surface area (Å²) in [4.78, 5) is 31.9. The number of alkyl halides is 3. The molecule has 1 aromatic rings. The summed E-state index contributed by atoms with van der Waals surface area (Å²) in [7, 11) is 0. The number of carbonyl (C=O) groups excluding carboxylic acids is 3. The second kappa shape index (κ2) is 8.16. The molecule has 0 aromatic carbocycles. The fourth-order valence-corrected chi connectivity index (χ4v) is 1.43. The quantitative estimate of drug-likeness (QED) is 0.523. The fourth-order valence-electron chi connectivity index (χ4n) is 1.43. The predicted molar refractivity (Wildman–Crippen MR) is 70.3 cm³/mol. The van der Waals surface area contributed by atoms with E-state index >= 15 is 0 Å². The molecule has 0 fully saturated rings. The van der Waals surface area contributed by atoms with Gasteiger partial charge in [-0.2, -0.15) is 13.2 Å². The molecular formula is C14H15F3O5. The fraction of sp³-hybridized carbons (Fsp3) is 0.357. The van der Waals surface area contributed by atoms with Crippen molar-refractivity contribution in [2.24, 2.45) is 0 Å². The van der Waals surface area contributed by atoms with Gasteiger partial charge in [0.05, 0.1) is 12.0 Å². The molecule has 0 aliphatic carbocycles. The molecule has 0 saturated heterocycles. The average Bonchev–Trinajstić information content (AvgIpc) is 2.79. The van der Waals surface area contributed by atoms with Crippen LogP contribution in [0.15, 0.2) is 34.6 Å². The molecule has 8 heteroatoms. The Balaban J connectivity index is 0.000000534. The van der Waals surface area contributed by atoms with Gasteiger partial charge in [-0.15, -0.1) is 0 Å². The zero-order valence-electron chi connectivity index (χ0n) is 12.1. The van der Waals surface area contributed by atoms with Crippen LogP contribution < -0.4 is 0 Å². The van der Waals surface area contributed by atoms with Crippen LogP contribution in [0.2, 0.25) is 0 Å². The van der Waals surface area contributed by atoms with E-state index in [0.29, 0.717) is 0 Å². The number of carbonyl (C=O) groups is 3. The molecule has 0 spiro atoms. The smallest absolute Gasteiger partial charge is 0.451 e. The highest BCUT2D eigenvalue weighted by Crippen LogP contribution is 2.28. The highest BCUT2D eigenvalue weighted by atomic mass is 19.4. The van der Waals surface area contributed by atoms with E-state index in [0.717, 1.165) is 19.3 Å². The molecule has 5 nitrogen and oxygen atoms in total. The Morgan fingerprint density at radius 2 is 1.77 bits per heavy atom. The lowest BCUT2D eigenvalue weighted by molar-refractivity contribution is -0.174. The number of Topliss-reactive ketones (excluding diaryl/α,β-unsaturated/α-hetero) is 2. The first-order valence-corrected chi connectivity index (χ1v) is 5.99. The Morgan fingerprint density at radius 1 is 1.23 bits per heavy atom. The lowest BCUT2D eigenvalue weighted by Gasteiger charge is -2.11. The Labute approximate surface area is 124 Å². The first-order chi connectivity index (χ1) is 9.96. The van der Waals surface area contributed by atoms with E-state index in [2.05, 4.69) is 4.42 Å². The summed E-state index contributed by atoms with van der Waals surface area (Å²) in [5, 5.41) is 8.36. The van der Waals surface area contributed by atoms with Crippen LogP contribution in [-0.2, 0) is 14.4 Å². The SMILES string of the molecule is CC(=O)/C=C(/C)O.CC(=O)C(C(=O)C(F)(F)F)c1ccco1. The number of allylic oxidation sites excluding steroid dienone is 2. The van der Waals surface area contributed by atoms with Crippen molar-refractivity contribution in [3.05, 3.63) is 36.0 Å². The van der Waals surface area contributed by atoms with Gasteiger partial charge in [0.25, 0.3) is 5.78 Å². The molecule has 1 atom stereocenters. The molecule has 0 radical (unpaired) electrons. The van der Waals surface area contributed by atoms with Crippen molar-refractivity contribution in [3.8, 4) is 0 Å². The maximum Gasteiger partial charge on any atom is 0.451 e. The van der Waals surface area contributed by atoms with Crippen molar-refractivity contribution in [3.63, 3.8) is 0 Å². The van der Waals surface area contributed by atoms with Crippen LogP contribution in [0.1, 0.15) is 32.4 Å². The van der Waals surface area contributed by atoms with Crippen LogP contribution in [-0.4, -0.2) is 28.6 Å². The maximum atomic E-state index is 12.1. The highest BCUT2D eigenvalue weighted by molar-refractivity contribution is 6.08. The monoisotopic (exact) mass is 320 g/mol. The lowest BCUT2D eigenvalue weighted by Crippen LogP contribution is -2.32. The number of ketones is 3. The van der Waals surface area contributed by atoms with Crippen molar-refractivity contribution < 1.29 is 37.1 Å². The van der Waals surface area contributed by atoms with Gasteiger partial charge in [0.2, 0.25) is 0 Å². The normalized spacial score (nSPS) is 12.9. The molecule has 122 valence electrons. The minimum absolute atomic E-state index is 0.0625. The maximum absolute atomic E-state index is 12.1. The van der Waals surface area contributed by atoms with E-state index in [1.165, 1.54) is 26.0 Å². The van der Waals surface area contributed by atoms with E-state index in [1.807, 2.05) is 0 Å². The second-order valence-electron chi connectivity index (χ2n) is 4.32. The number of aliphatic hydroxyl groups is 1. The van der Waals surface area contributed by atoms with Gasteiger partial charge >= 0.3 is 6.18 Å². The standard InChI is InChI=1S/C9H7F3O3.C5H8O2/c1-5(13)7(6-3-2-4-15-6)8(14)9(10,11)12;1-4(6)3-5(2)7/h2-4,7H,1H3;3,6H,1-2H3/b;4-3-. The summed E-state index contributed by atoms with van der Waals surface area (Å²) < 4.78 is 41.0. The van der Waals surface area contributed by atoms with Gasteiger partial charge in [-0.25, -0.2) is 0 Å². The molecule has 0 amide bonds. The summed E-state index contributed by atoms with van der Waals surface area (Å²) >= 11 is 0. The number of rotatable bonds is 4. The molecule has 1 N–H and O–H groups in total. The number of hydrogen-bond donors (Lipinski definition) is 1. The molecule has 22 heavy (non-hydrogen) atoms. The Kier molecular flexibility index (Phi) is 7.28. The molecule has 1 unspecified atom stereocenters.